The molecule has 0 radical (unpaired) electrons. The molecule has 0 aromatic heterocycles. The number of carbonyl (C=O) groups is 1. The van der Waals surface area contributed by atoms with Gasteiger partial charge in [0.2, 0.25) is 5.91 Å². The summed E-state index contributed by atoms with van der Waals surface area (Å²) in [6.45, 7) is 2.14. The number of nitrogens with one attached hydrogen (secondary N) is 1. The van der Waals surface area contributed by atoms with Gasteiger partial charge in [-0.25, -0.2) is 0 Å². The topological polar surface area (TPSA) is 32.3 Å². The fourth-order valence-electron chi connectivity index (χ4n) is 2.48. The van der Waals surface area contributed by atoms with E-state index in [1.807, 2.05) is 0 Å². The maximum absolute atomic E-state index is 12.2. The Bertz CT molecular complexity index is 310. The molecule has 0 spiro atoms. The number of hydrogen-bond acceptors (Lipinski definition) is 2. The Balaban J connectivity index is 1.82. The lowest BCUT2D eigenvalue weighted by molar-refractivity contribution is -0.149. The van der Waals surface area contributed by atoms with Crippen LogP contribution in [0.15, 0.2) is 0 Å². The van der Waals surface area contributed by atoms with Gasteiger partial charge in [0.05, 0.1) is 6.42 Å². The zero-order valence-corrected chi connectivity index (χ0v) is 11.0. The van der Waals surface area contributed by atoms with Gasteiger partial charge in [0.1, 0.15) is 0 Å². The van der Waals surface area contributed by atoms with Crippen molar-refractivity contribution >= 4 is 5.91 Å². The first-order valence-electron chi connectivity index (χ1n) is 7.02. The lowest BCUT2D eigenvalue weighted by Gasteiger charge is -2.26. The van der Waals surface area contributed by atoms with E-state index in [0.29, 0.717) is 19.0 Å². The van der Waals surface area contributed by atoms with Gasteiger partial charge >= 0.3 is 6.18 Å². The van der Waals surface area contributed by atoms with E-state index in [-0.39, 0.29) is 11.9 Å². The first-order valence-corrected chi connectivity index (χ1v) is 7.02. The second-order valence-electron chi connectivity index (χ2n) is 5.65. The maximum Gasteiger partial charge on any atom is 0.389 e. The highest BCUT2D eigenvalue weighted by Gasteiger charge is 2.32. The molecule has 1 atom stereocenters. The van der Waals surface area contributed by atoms with E-state index in [1.165, 1.54) is 0 Å². The van der Waals surface area contributed by atoms with Crippen LogP contribution in [0.1, 0.15) is 38.5 Å². The molecule has 1 heterocycles. The van der Waals surface area contributed by atoms with E-state index in [1.54, 1.807) is 4.90 Å². The van der Waals surface area contributed by atoms with Crippen molar-refractivity contribution in [1.82, 2.24) is 10.2 Å². The van der Waals surface area contributed by atoms with Crippen molar-refractivity contribution in [3.63, 3.8) is 0 Å². The van der Waals surface area contributed by atoms with Crippen LogP contribution in [0.5, 0.6) is 0 Å². The molecule has 6 heteroatoms. The van der Waals surface area contributed by atoms with Crippen molar-refractivity contribution in [2.24, 2.45) is 5.92 Å². The van der Waals surface area contributed by atoms with Crippen molar-refractivity contribution in [2.45, 2.75) is 50.7 Å². The van der Waals surface area contributed by atoms with Crippen LogP contribution < -0.4 is 5.32 Å². The molecule has 0 aromatic carbocycles. The van der Waals surface area contributed by atoms with Gasteiger partial charge in [-0.2, -0.15) is 13.2 Å². The molecule has 0 aromatic rings. The highest BCUT2D eigenvalue weighted by molar-refractivity contribution is 5.76. The quantitative estimate of drug-likeness (QED) is 0.808. The second-order valence-corrected chi connectivity index (χ2v) is 5.65. The molecule has 3 nitrogen and oxygen atoms in total. The molecule has 110 valence electrons. The van der Waals surface area contributed by atoms with Crippen molar-refractivity contribution in [2.75, 3.05) is 19.6 Å². The van der Waals surface area contributed by atoms with Crippen LogP contribution in [0.2, 0.25) is 0 Å². The SMILES string of the molecule is O=C(CCC(F)(F)F)N(CC1CC1)CC1CCCN1. The Morgan fingerprint density at radius 1 is 1.21 bits per heavy atom. The van der Waals surface area contributed by atoms with Gasteiger partial charge in [-0.05, 0) is 38.1 Å². The van der Waals surface area contributed by atoms with Crippen molar-refractivity contribution in [3.05, 3.63) is 0 Å². The lowest BCUT2D eigenvalue weighted by Crippen LogP contribution is -2.42. The number of halogens is 3. The molecular weight excluding hydrogens is 257 g/mol. The lowest BCUT2D eigenvalue weighted by atomic mass is 10.2. The molecule has 2 aliphatic rings. The standard InChI is InChI=1S/C13H21F3N2O/c14-13(15,16)6-5-12(19)18(8-10-3-4-10)9-11-2-1-7-17-11/h10-11,17H,1-9H2. The molecule has 1 aliphatic heterocycles. The van der Waals surface area contributed by atoms with E-state index < -0.39 is 19.0 Å². The monoisotopic (exact) mass is 278 g/mol. The molecule has 19 heavy (non-hydrogen) atoms. The summed E-state index contributed by atoms with van der Waals surface area (Å²) in [6.07, 6.45) is -1.38. The first kappa shape index (κ1) is 14.6. The van der Waals surface area contributed by atoms with E-state index in [9.17, 15) is 18.0 Å². The zero-order valence-electron chi connectivity index (χ0n) is 11.0. The predicted octanol–water partition coefficient (Wildman–Crippen LogP) is 2.32. The minimum Gasteiger partial charge on any atom is -0.341 e. The summed E-state index contributed by atoms with van der Waals surface area (Å²) in [5.74, 6) is 0.161. The molecule has 1 N–H and O–H groups in total. The number of alkyl halides is 3. The summed E-state index contributed by atoms with van der Waals surface area (Å²) in [4.78, 5) is 13.6. The molecule has 1 amide bonds. The van der Waals surface area contributed by atoms with Crippen LogP contribution in [-0.4, -0.2) is 42.7 Å². The Kier molecular flexibility index (Phi) is 4.71. The molecule has 1 saturated carbocycles. The molecule has 2 fully saturated rings. The highest BCUT2D eigenvalue weighted by Crippen LogP contribution is 2.30. The first-order chi connectivity index (χ1) is 8.94. The summed E-state index contributed by atoms with van der Waals surface area (Å²) in [5.41, 5.74) is 0. The van der Waals surface area contributed by atoms with Crippen molar-refractivity contribution < 1.29 is 18.0 Å². The largest absolute Gasteiger partial charge is 0.389 e. The van der Waals surface area contributed by atoms with Crippen LogP contribution in [0.4, 0.5) is 13.2 Å². The van der Waals surface area contributed by atoms with Gasteiger partial charge in [-0.15, -0.1) is 0 Å². The third kappa shape index (κ3) is 5.38. The summed E-state index contributed by atoms with van der Waals surface area (Å²) < 4.78 is 36.5. The van der Waals surface area contributed by atoms with Gasteiger partial charge in [-0.3, -0.25) is 4.79 Å². The van der Waals surface area contributed by atoms with E-state index in [2.05, 4.69) is 5.32 Å². The molecule has 1 saturated heterocycles. The second kappa shape index (κ2) is 6.11. The van der Waals surface area contributed by atoms with Crippen LogP contribution in [-0.2, 0) is 4.79 Å². The number of nitrogens with zero attached hydrogens (tertiary/aromatic N) is 1. The highest BCUT2D eigenvalue weighted by atomic mass is 19.4. The average molecular weight is 278 g/mol. The van der Waals surface area contributed by atoms with E-state index >= 15 is 0 Å². The molecule has 1 aliphatic carbocycles. The van der Waals surface area contributed by atoms with Gasteiger partial charge in [0.15, 0.2) is 0 Å². The van der Waals surface area contributed by atoms with Crippen LogP contribution in [0, 0.1) is 5.92 Å². The summed E-state index contributed by atoms with van der Waals surface area (Å²) >= 11 is 0. The van der Waals surface area contributed by atoms with Gasteiger partial charge in [0.25, 0.3) is 0 Å². The zero-order chi connectivity index (χ0) is 13.9. The Morgan fingerprint density at radius 3 is 2.47 bits per heavy atom. The summed E-state index contributed by atoms with van der Waals surface area (Å²) in [5, 5.41) is 3.29. The number of carbonyl (C=O) groups excluding carboxylic acids is 1. The van der Waals surface area contributed by atoms with Gasteiger partial charge in [0, 0.05) is 25.6 Å². The normalized spacial score (nSPS) is 23.6. The average Bonchev–Trinajstić information content (AvgIpc) is 2.99. The third-order valence-electron chi connectivity index (χ3n) is 3.75. The summed E-state index contributed by atoms with van der Waals surface area (Å²) in [6, 6.07) is 0.258. The third-order valence-corrected chi connectivity index (χ3v) is 3.75. The van der Waals surface area contributed by atoms with E-state index in [4.69, 9.17) is 0 Å². The smallest absolute Gasteiger partial charge is 0.341 e. The number of amides is 1. The molecule has 2 rings (SSSR count). The van der Waals surface area contributed by atoms with Crippen molar-refractivity contribution in [1.29, 1.82) is 0 Å². The number of hydrogen-bond donors (Lipinski definition) is 1. The Hall–Kier alpha value is -0.780. The fraction of sp³-hybridized carbons (Fsp3) is 0.923. The van der Waals surface area contributed by atoms with Crippen LogP contribution in [0.3, 0.4) is 0 Å². The molecular formula is C13H21F3N2O. The van der Waals surface area contributed by atoms with Gasteiger partial charge in [-0.1, -0.05) is 0 Å². The van der Waals surface area contributed by atoms with Crippen LogP contribution >= 0.6 is 0 Å². The Morgan fingerprint density at radius 2 is 1.95 bits per heavy atom. The Labute approximate surface area is 111 Å². The minimum atomic E-state index is -4.24. The fourth-order valence-corrected chi connectivity index (χ4v) is 2.48. The number of rotatable bonds is 6. The van der Waals surface area contributed by atoms with E-state index in [0.717, 1.165) is 32.2 Å². The molecule has 1 unspecified atom stereocenters. The van der Waals surface area contributed by atoms with Gasteiger partial charge < -0.3 is 10.2 Å². The molecule has 0 bridgehead atoms. The predicted molar refractivity (Wildman–Crippen MR) is 65.6 cm³/mol. The summed E-state index contributed by atoms with van der Waals surface area (Å²) in [7, 11) is 0. The maximum atomic E-state index is 12.2. The van der Waals surface area contributed by atoms with Crippen molar-refractivity contribution in [3.8, 4) is 0 Å². The minimum absolute atomic E-state index is 0.258. The van der Waals surface area contributed by atoms with Crippen LogP contribution in [0.25, 0.3) is 0 Å².